The number of carbonyl (C=O) groups is 1. The van der Waals surface area contributed by atoms with Crippen molar-refractivity contribution in [2.75, 3.05) is 0 Å². The first-order chi connectivity index (χ1) is 17.9. The summed E-state index contributed by atoms with van der Waals surface area (Å²) in [6, 6.07) is 21.3. The van der Waals surface area contributed by atoms with Crippen LogP contribution >= 0.6 is 0 Å². The maximum Gasteiger partial charge on any atom is 4.00 e. The summed E-state index contributed by atoms with van der Waals surface area (Å²) in [6.45, 7) is 8.67. The second-order valence-electron chi connectivity index (χ2n) is 10.6. The van der Waals surface area contributed by atoms with Crippen LogP contribution in [0.15, 0.2) is 77.4 Å². The third kappa shape index (κ3) is 17.0. The molecular weight excluding hydrogens is 585 g/mol. The summed E-state index contributed by atoms with van der Waals surface area (Å²) in [6.07, 6.45) is 16.8. The van der Waals surface area contributed by atoms with E-state index in [2.05, 4.69) is 94.4 Å². The van der Waals surface area contributed by atoms with Crippen LogP contribution in [0.2, 0.25) is 0 Å². The first-order valence-corrected chi connectivity index (χ1v) is 15.5. The predicted octanol–water partition coefficient (Wildman–Crippen LogP) is 2.29. The second kappa shape index (κ2) is 24.5. The third-order valence-electron chi connectivity index (χ3n) is 7.64. The Morgan fingerprint density at radius 1 is 0.725 bits per heavy atom. The molecule has 1 saturated carbocycles. The van der Waals surface area contributed by atoms with E-state index < -0.39 is 0 Å². The molecule has 6 heteroatoms. The normalized spacial score (nSPS) is 17.8. The van der Waals surface area contributed by atoms with Gasteiger partial charge in [-0.25, -0.2) is 5.57 Å². The first kappa shape index (κ1) is 41.0. The Labute approximate surface area is 275 Å². The Morgan fingerprint density at radius 2 is 1.10 bits per heavy atom. The molecule has 0 bridgehead atoms. The molecule has 217 valence electrons. The molecule has 2 aromatic carbocycles. The van der Waals surface area contributed by atoms with Crippen LogP contribution in [0.1, 0.15) is 98.3 Å². The van der Waals surface area contributed by atoms with E-state index in [1.807, 2.05) is 0 Å². The fourth-order valence-corrected chi connectivity index (χ4v) is 6.09. The number of amides is 1. The number of nitrogens with one attached hydrogen (secondary N) is 1. The quantitative estimate of drug-likeness (QED) is 0.378. The molecule has 2 nitrogen and oxygen atoms in total. The maximum atomic E-state index is 11.1. The molecule has 40 heavy (non-hydrogen) atoms. The van der Waals surface area contributed by atoms with Crippen molar-refractivity contribution in [2.24, 2.45) is 11.8 Å². The van der Waals surface area contributed by atoms with Crippen LogP contribution in [0.3, 0.4) is 0 Å². The van der Waals surface area contributed by atoms with Gasteiger partial charge >= 0.3 is 21.7 Å². The summed E-state index contributed by atoms with van der Waals surface area (Å²) < 4.78 is 0. The van der Waals surface area contributed by atoms with Crippen molar-refractivity contribution in [2.45, 2.75) is 98.3 Å². The smallest absolute Gasteiger partial charge is 1.00 e. The molecule has 0 saturated heterocycles. The van der Waals surface area contributed by atoms with Gasteiger partial charge in [0, 0.05) is 5.92 Å². The number of carbonyl (C=O) groups excluding carboxylic acids is 1. The summed E-state index contributed by atoms with van der Waals surface area (Å²) in [5.74, 6) is 0.279. The minimum atomic E-state index is -0.327. The average Bonchev–Trinajstić information content (AvgIpc) is 3.11. The topological polar surface area (TPSA) is 40.9 Å². The minimum absolute atomic E-state index is 0. The van der Waals surface area contributed by atoms with Gasteiger partial charge in [-0.2, -0.15) is 11.1 Å². The van der Waals surface area contributed by atoms with Gasteiger partial charge in [0.2, 0.25) is 0 Å². The molecule has 4 rings (SSSR count). The zero-order valence-corrected chi connectivity index (χ0v) is 29.2. The Bertz CT molecular complexity index is 932. The molecule has 0 spiro atoms. The molecule has 1 N–H and O–H groups in total. The van der Waals surface area contributed by atoms with Crippen LogP contribution in [-0.2, 0) is 26.5 Å². The van der Waals surface area contributed by atoms with Gasteiger partial charge in [0.15, 0.2) is 0 Å². The summed E-state index contributed by atoms with van der Waals surface area (Å²) in [5.41, 5.74) is 11.5. The monoisotopic (exact) mass is 632 g/mol. The molecule has 2 aliphatic rings. The number of allylic oxidation sites excluding steroid dienone is 4. The van der Waals surface area contributed by atoms with Crippen LogP contribution in [0.5, 0.6) is 0 Å². The van der Waals surface area contributed by atoms with Gasteiger partial charge in [0.25, 0.3) is 0 Å². The van der Waals surface area contributed by atoms with Crippen molar-refractivity contribution >= 4 is 25.8 Å². The van der Waals surface area contributed by atoms with Crippen molar-refractivity contribution < 1.29 is 51.3 Å². The molecular formula is C34H48Cl2NOSiTi. The Hall–Kier alpha value is -1.10. The Morgan fingerprint density at radius 3 is 1.38 bits per heavy atom. The summed E-state index contributed by atoms with van der Waals surface area (Å²) in [5, 5.41) is 2.90. The third-order valence-corrected chi connectivity index (χ3v) is 9.08. The second-order valence-corrected chi connectivity index (χ2v) is 12.2. The van der Waals surface area contributed by atoms with E-state index >= 15 is 0 Å². The number of benzene rings is 2. The van der Waals surface area contributed by atoms with Crippen LogP contribution in [0.25, 0.3) is 5.73 Å². The van der Waals surface area contributed by atoms with E-state index in [1.54, 1.807) is 0 Å². The molecule has 2 aliphatic carbocycles. The fourth-order valence-electron chi connectivity index (χ4n) is 4.88. The molecule has 0 aliphatic heterocycles. The van der Waals surface area contributed by atoms with Crippen LogP contribution < -0.4 is 35.2 Å². The van der Waals surface area contributed by atoms with Crippen molar-refractivity contribution in [3.8, 4) is 0 Å². The van der Waals surface area contributed by atoms with Gasteiger partial charge < -0.3 is 35.3 Å². The first-order valence-electron chi connectivity index (χ1n) is 14.4. The minimum Gasteiger partial charge on any atom is -1.00 e. The van der Waals surface area contributed by atoms with Crippen molar-refractivity contribution in [3.05, 3.63) is 89.2 Å². The van der Waals surface area contributed by atoms with E-state index in [-0.39, 0.29) is 67.9 Å². The largest absolute Gasteiger partial charge is 4.00 e. The SMILES string of the molecule is CC1=[C-]C(C)C(C)=C1C.[Cl-].[Cl-].[NH-]C(=O)C1CCCCCCCCCCC1.[Ti+4].c1ccc([SiH]c2ccccc2)cc1. The molecule has 0 heterocycles. The van der Waals surface area contributed by atoms with Gasteiger partial charge in [0.1, 0.15) is 9.52 Å². The van der Waals surface area contributed by atoms with E-state index in [4.69, 9.17) is 5.73 Å². The number of hydrogen-bond donors (Lipinski definition) is 0. The predicted molar refractivity (Wildman–Crippen MR) is 163 cm³/mol. The molecule has 1 fully saturated rings. The van der Waals surface area contributed by atoms with E-state index in [0.717, 1.165) is 25.7 Å². The maximum absolute atomic E-state index is 11.1. The van der Waals surface area contributed by atoms with Crippen LogP contribution in [0.4, 0.5) is 0 Å². The van der Waals surface area contributed by atoms with Crippen molar-refractivity contribution in [1.82, 2.24) is 0 Å². The molecule has 1 atom stereocenters. The van der Waals surface area contributed by atoms with Gasteiger partial charge in [0.05, 0.1) is 5.91 Å². The van der Waals surface area contributed by atoms with E-state index in [9.17, 15) is 4.79 Å². The van der Waals surface area contributed by atoms with Gasteiger partial charge in [-0.3, -0.25) is 6.08 Å². The molecule has 0 aromatic heterocycles. The van der Waals surface area contributed by atoms with Gasteiger partial charge in [-0.05, 0) is 12.8 Å². The number of rotatable bonds is 3. The molecule has 1 radical (unpaired) electrons. The van der Waals surface area contributed by atoms with Crippen LogP contribution in [0, 0.1) is 17.9 Å². The van der Waals surface area contributed by atoms with Crippen molar-refractivity contribution in [3.63, 3.8) is 0 Å². The van der Waals surface area contributed by atoms with E-state index in [1.165, 1.54) is 72.0 Å². The molecule has 1 amide bonds. The Balaban J connectivity index is 0. The molecule has 1 unspecified atom stereocenters. The zero-order valence-electron chi connectivity index (χ0n) is 24.9. The molecule has 2 aromatic rings. The zero-order chi connectivity index (χ0) is 26.9. The van der Waals surface area contributed by atoms with Gasteiger partial charge in [-0.15, -0.1) is 6.92 Å². The number of hydrogen-bond acceptors (Lipinski definition) is 1. The fraction of sp³-hybridized carbons (Fsp3) is 0.500. The summed E-state index contributed by atoms with van der Waals surface area (Å²) in [4.78, 5) is 11.1. The Kier molecular flexibility index (Phi) is 25.1. The average molecular weight is 634 g/mol. The standard InChI is InChI=1S/C13H25NO.C12H11Si.C9H13.2ClH.Ti/c14-13(15)12-10-8-6-4-2-1-3-5-7-9-11-12;1-3-7-11(8-4-1)13-12-9-5-2-6-10-12;1-6-5-7(2)9(4)8(6)3;;;/h12H,1-11H2,(H2,14,15);1-10,13H;6H,1-4H3;2*1H;/q;;-1;;;+4/p-3. The number of halogens is 2. The summed E-state index contributed by atoms with van der Waals surface area (Å²) >= 11 is 0. The summed E-state index contributed by atoms with van der Waals surface area (Å²) in [7, 11) is 0.271. The van der Waals surface area contributed by atoms with Crippen LogP contribution in [-0.4, -0.2) is 15.4 Å². The van der Waals surface area contributed by atoms with E-state index in [0.29, 0.717) is 5.92 Å². The van der Waals surface area contributed by atoms with Crippen molar-refractivity contribution in [1.29, 1.82) is 0 Å². The van der Waals surface area contributed by atoms with Gasteiger partial charge in [-0.1, -0.05) is 156 Å².